The summed E-state index contributed by atoms with van der Waals surface area (Å²) in [4.78, 5) is 123. The van der Waals surface area contributed by atoms with E-state index in [2.05, 4.69) is 135 Å². The number of hydrogen-bond acceptors (Lipinski definition) is 14. The lowest BCUT2D eigenvalue weighted by Crippen LogP contribution is -2.50. The Balaban J connectivity index is 0.000000175. The van der Waals surface area contributed by atoms with Crippen molar-refractivity contribution in [3.63, 3.8) is 0 Å². The lowest BCUT2D eigenvalue weighted by Gasteiger charge is -2.38. The number of halogens is 1. The molecule has 7 aliphatic rings. The number of carboxylic acid groups (broad SMARTS) is 2. The fraction of sp³-hybridized carbons (Fsp3) is 0.376. The van der Waals surface area contributed by atoms with Gasteiger partial charge in [0.2, 0.25) is 29.5 Å². The van der Waals surface area contributed by atoms with Crippen molar-refractivity contribution in [2.45, 2.75) is 166 Å². The summed E-state index contributed by atoms with van der Waals surface area (Å²) in [5.41, 5.74) is 13.3. The zero-order valence-electron chi connectivity index (χ0n) is 71.9. The topological polar surface area (TPSA) is 272 Å². The van der Waals surface area contributed by atoms with Crippen LogP contribution in [0.4, 0.5) is 4.39 Å². The van der Waals surface area contributed by atoms with Crippen LogP contribution in [0.5, 0.6) is 0 Å². The van der Waals surface area contributed by atoms with E-state index in [-0.39, 0.29) is 78.4 Å². The van der Waals surface area contributed by atoms with Crippen LogP contribution in [0, 0.1) is 17.8 Å². The SMILES string of the molecule is C.C1CCOC1.CC(=O)[C@H](C(C)C)N1CC[C@@H](N)C1=O.CC(=O)[C@H](C(C)C)N1CC[C@@H](NC(=O)[C@@H]2CN2C(c2ccccc2)(c2ccccc2)c2ccccc2)C1=O.CC(C)[C@@H](C(=O)O)N1CC[C@@H](NC(=O)[C@@H]2CN2C(c2ccccc2)(c2ccccc2)c2ccccc2)C1=O.O=C(O)[C@@H]1CN1C(c1ccccc1)(c1ccccc1)c1ccccc1.[2H]CF. The highest BCUT2D eigenvalue weighted by atomic mass is 19.1. The summed E-state index contributed by atoms with van der Waals surface area (Å²) < 4.78 is 20.4. The van der Waals surface area contributed by atoms with Gasteiger partial charge < -0.3 is 46.0 Å². The van der Waals surface area contributed by atoms with Crippen molar-refractivity contribution in [3.05, 3.63) is 323 Å². The van der Waals surface area contributed by atoms with E-state index in [0.717, 1.165) is 63.3 Å². The predicted octanol–water partition coefficient (Wildman–Crippen LogP) is 13.4. The summed E-state index contributed by atoms with van der Waals surface area (Å²) in [6, 6.07) is 87.2. The number of nitrogens with one attached hydrogen (secondary N) is 2. The minimum atomic E-state index is -1.02. The molecule has 16 rings (SSSR count). The maximum atomic E-state index is 13.6. The molecule has 12 atom stereocenters. The van der Waals surface area contributed by atoms with Crippen molar-refractivity contribution < 1.29 is 63.9 Å². The van der Waals surface area contributed by atoms with Crippen LogP contribution >= 0.6 is 0 Å². The minimum Gasteiger partial charge on any atom is -0.480 e. The number of Topliss-reactive ketones (excluding diaryl/α,β-unsaturated/α-hetero) is 2. The summed E-state index contributed by atoms with van der Waals surface area (Å²) in [5.74, 6) is -2.77. The molecule has 22 heteroatoms. The highest BCUT2D eigenvalue weighted by Gasteiger charge is 2.60. The van der Waals surface area contributed by atoms with Gasteiger partial charge in [-0.3, -0.25) is 57.4 Å². The Morgan fingerprint density at radius 3 is 0.821 bits per heavy atom. The molecule has 0 saturated carbocycles. The first-order chi connectivity index (χ1) is 59.3. The van der Waals surface area contributed by atoms with E-state index >= 15 is 0 Å². The molecular formula is C101H120FN9O12. The quantitative estimate of drug-likeness (QED) is 0.0249. The predicted molar refractivity (Wildman–Crippen MR) is 476 cm³/mol. The highest BCUT2D eigenvalue weighted by Crippen LogP contribution is 2.52. The summed E-state index contributed by atoms with van der Waals surface area (Å²) in [5, 5.41) is 25.2. The zero-order chi connectivity index (χ0) is 88.1. The normalized spacial score (nSPS) is 21.3. The second-order valence-corrected chi connectivity index (χ2v) is 32.9. The van der Waals surface area contributed by atoms with E-state index in [1.165, 1.54) is 31.6 Å². The Morgan fingerprint density at radius 1 is 0.398 bits per heavy atom. The second kappa shape index (κ2) is 42.9. The first kappa shape index (κ1) is 92.1. The van der Waals surface area contributed by atoms with Gasteiger partial charge >= 0.3 is 11.9 Å². The van der Waals surface area contributed by atoms with Crippen molar-refractivity contribution in [2.75, 3.05) is 59.6 Å². The van der Waals surface area contributed by atoms with Crippen molar-refractivity contribution in [3.8, 4) is 0 Å². The average molecular weight is 1670 g/mol. The van der Waals surface area contributed by atoms with Crippen molar-refractivity contribution in [1.29, 1.82) is 0 Å². The molecule has 9 aromatic carbocycles. The molecule has 9 aromatic rings. The maximum Gasteiger partial charge on any atom is 0.326 e. The van der Waals surface area contributed by atoms with E-state index in [1.807, 2.05) is 191 Å². The molecule has 0 spiro atoms. The number of carbonyl (C=O) groups excluding carboxylic acids is 7. The summed E-state index contributed by atoms with van der Waals surface area (Å²) >= 11 is 0. The van der Waals surface area contributed by atoms with Crippen LogP contribution in [0.3, 0.4) is 0 Å². The Labute approximate surface area is 725 Å². The largest absolute Gasteiger partial charge is 0.480 e. The van der Waals surface area contributed by atoms with Crippen molar-refractivity contribution >= 4 is 53.0 Å². The van der Waals surface area contributed by atoms with Gasteiger partial charge in [0.1, 0.15) is 36.3 Å². The third-order valence-corrected chi connectivity index (χ3v) is 24.0. The number of carbonyl (C=O) groups is 9. The third-order valence-electron chi connectivity index (χ3n) is 24.0. The number of ketones is 2. The smallest absolute Gasteiger partial charge is 0.326 e. The average Bonchev–Trinajstić information content (AvgIpc) is 1.57. The van der Waals surface area contributed by atoms with E-state index in [0.29, 0.717) is 58.5 Å². The molecule has 5 amide bonds. The molecule has 7 fully saturated rings. The molecule has 7 heterocycles. The van der Waals surface area contributed by atoms with E-state index in [1.54, 1.807) is 23.6 Å². The molecule has 6 N–H and O–H groups in total. The molecule has 0 aliphatic carbocycles. The van der Waals surface area contributed by atoms with Gasteiger partial charge in [-0.2, -0.15) is 0 Å². The molecule has 0 radical (unpaired) electrons. The molecule has 7 saturated heterocycles. The number of benzene rings is 9. The molecule has 123 heavy (non-hydrogen) atoms. The monoisotopic (exact) mass is 1670 g/mol. The standard InChI is InChI=1S/C32H35N3O3.C31H33N3O4.C22H19NO2.C10H18N2O2.C4H8O.CH3F.CH4/c1-22(2)29(23(3)36)34-20-19-27(31(34)38)33-30(37)28-21-35(28)32(24-13-7-4-8-14-24,25-15-9-5-10-16-25)26-17-11-6-12-18-26;1-21(2)27(30(37)38)33-19-18-25(29(33)36)32-28(35)26-20-34(26)31(22-12-6-3-7-13-22,23-14-8-4-9-15-23)24-16-10-5-11-17-24;24-21(25)20-16-23(20)22(17-10-4-1-5-11-17,18-12-6-2-7-13-18)19-14-8-3-9-15-19;1-6(2)9(7(3)13)12-5-4-8(11)10(12)14;1-2-4-5-3-1;1-2;/h4-18,22,27-29H,19-21H2,1-3H3,(H,33,37);3-17,21,25-27H,18-20H2,1-2H3,(H,32,35)(H,37,38);1-15,20H,16H2,(H,24,25);6,8-9H,4-5,11H2,1-3H3;1-4H2;1H3;1H4/t27-,28+,29+,35?;25-,26+,27+,34?;20-,23?;8-,9+;;;/m1101.../s1/i;;;;;1D;. The van der Waals surface area contributed by atoms with E-state index in [4.69, 9.17) is 11.8 Å². The Morgan fingerprint density at radius 2 is 0.626 bits per heavy atom. The number of nitrogens with zero attached hydrogens (tertiary/aromatic N) is 6. The molecule has 0 aromatic heterocycles. The van der Waals surface area contributed by atoms with Gasteiger partial charge in [-0.25, -0.2) is 4.79 Å². The van der Waals surface area contributed by atoms with Gasteiger partial charge in [0, 0.05) is 52.5 Å². The number of hydrogen-bond donors (Lipinski definition) is 5. The van der Waals surface area contributed by atoms with Crippen LogP contribution in [0.2, 0.25) is 0 Å². The van der Waals surface area contributed by atoms with E-state index in [9.17, 15) is 57.8 Å². The van der Waals surface area contributed by atoms with Crippen molar-refractivity contribution in [2.24, 2.45) is 23.5 Å². The minimum absolute atomic E-state index is 0. The fourth-order valence-corrected chi connectivity index (χ4v) is 18.4. The number of likely N-dealkylation sites (tertiary alicyclic amines) is 3. The maximum absolute atomic E-state index is 13.6. The number of amides is 5. The summed E-state index contributed by atoms with van der Waals surface area (Å²) in [7, 11) is -1.00. The van der Waals surface area contributed by atoms with Crippen LogP contribution in [0.15, 0.2) is 273 Å². The van der Waals surface area contributed by atoms with Gasteiger partial charge in [0.05, 0.1) is 43.3 Å². The van der Waals surface area contributed by atoms with Crippen LogP contribution < -0.4 is 16.4 Å². The number of ether oxygens (including phenoxy) is 1. The first-order valence-corrected chi connectivity index (χ1v) is 42.3. The number of aliphatic carboxylic acids is 2. The molecule has 21 nitrogen and oxygen atoms in total. The van der Waals surface area contributed by atoms with Crippen LogP contribution in [-0.4, -0.2) is 207 Å². The van der Waals surface area contributed by atoms with Gasteiger partial charge in [-0.15, -0.1) is 0 Å². The molecule has 7 aliphatic heterocycles. The van der Waals surface area contributed by atoms with E-state index < -0.39 is 78.0 Å². The Kier molecular flexibility index (Phi) is 32.1. The van der Waals surface area contributed by atoms with Crippen LogP contribution in [0.1, 0.15) is 146 Å². The zero-order valence-corrected chi connectivity index (χ0v) is 70.9. The van der Waals surface area contributed by atoms with Crippen LogP contribution in [-0.2, 0) is 64.5 Å². The van der Waals surface area contributed by atoms with Gasteiger partial charge in [-0.1, -0.05) is 322 Å². The van der Waals surface area contributed by atoms with Crippen LogP contribution in [0.25, 0.3) is 0 Å². The van der Waals surface area contributed by atoms with Crippen molar-refractivity contribution in [1.82, 2.24) is 40.0 Å². The summed E-state index contributed by atoms with van der Waals surface area (Å²) in [6.45, 7) is 19.5. The lowest BCUT2D eigenvalue weighted by molar-refractivity contribution is -0.150. The number of rotatable bonds is 26. The Bertz CT molecular complexity index is 4470. The lowest BCUT2D eigenvalue weighted by atomic mass is 9.76. The molecule has 648 valence electrons. The number of carboxylic acids is 2. The molecular weight excluding hydrogens is 1550 g/mol. The fourth-order valence-electron chi connectivity index (χ4n) is 18.4. The number of alkyl halides is 1. The number of nitrogens with two attached hydrogens (primary N) is 1. The van der Waals surface area contributed by atoms with Gasteiger partial charge in [0.25, 0.3) is 0 Å². The van der Waals surface area contributed by atoms with Gasteiger partial charge in [-0.05, 0) is 114 Å². The third kappa shape index (κ3) is 20.7. The Hall–Kier alpha value is -11.7. The highest BCUT2D eigenvalue weighted by molar-refractivity contribution is 5.96. The molecule has 3 unspecified atom stereocenters. The second-order valence-electron chi connectivity index (χ2n) is 32.9. The molecule has 0 bridgehead atoms. The first-order valence-electron chi connectivity index (χ1n) is 43.0. The summed E-state index contributed by atoms with van der Waals surface area (Å²) in [6.07, 6.45) is 4.12. The van der Waals surface area contributed by atoms with Gasteiger partial charge in [0.15, 0.2) is 11.6 Å².